The van der Waals surface area contributed by atoms with Gasteiger partial charge in [-0.25, -0.2) is 4.39 Å². The van der Waals surface area contributed by atoms with Gasteiger partial charge in [-0.2, -0.15) is 17.0 Å². The molecule has 0 amide bonds. The number of nitrogens with zero attached hydrogens (tertiary/aromatic N) is 2. The van der Waals surface area contributed by atoms with Crippen LogP contribution >= 0.6 is 0 Å². The normalized spacial score (nSPS) is 17.5. The second-order valence-corrected chi connectivity index (χ2v) is 7.74. The average Bonchev–Trinajstić information content (AvgIpc) is 2.52. The van der Waals surface area contributed by atoms with Crippen LogP contribution in [0.15, 0.2) is 24.3 Å². The minimum atomic E-state index is -3.64. The number of hydrogen-bond acceptors (Lipinski definition) is 3. The van der Waals surface area contributed by atoms with Gasteiger partial charge in [0, 0.05) is 26.7 Å². The lowest BCUT2D eigenvalue weighted by atomic mass is 9.90. The number of hydrogen-bond donors (Lipinski definition) is 1. The van der Waals surface area contributed by atoms with E-state index in [0.29, 0.717) is 25.9 Å². The zero-order valence-corrected chi connectivity index (χ0v) is 13.8. The fraction of sp³-hybridized carbons (Fsp3) is 0.533. The van der Waals surface area contributed by atoms with Crippen LogP contribution in [-0.2, 0) is 15.0 Å². The van der Waals surface area contributed by atoms with Crippen molar-refractivity contribution < 1.29 is 22.7 Å². The first-order valence-electron chi connectivity index (χ1n) is 7.49. The van der Waals surface area contributed by atoms with Crippen LogP contribution in [0.5, 0.6) is 0 Å². The van der Waals surface area contributed by atoms with Gasteiger partial charge >= 0.3 is 5.97 Å². The van der Waals surface area contributed by atoms with Crippen molar-refractivity contribution in [2.45, 2.75) is 25.2 Å². The molecule has 1 aromatic carbocycles. The van der Waals surface area contributed by atoms with E-state index in [-0.39, 0.29) is 24.7 Å². The van der Waals surface area contributed by atoms with Crippen molar-refractivity contribution in [3.8, 4) is 0 Å². The lowest BCUT2D eigenvalue weighted by Gasteiger charge is -2.33. The zero-order chi connectivity index (χ0) is 17.0. The van der Waals surface area contributed by atoms with E-state index in [9.17, 15) is 17.6 Å². The molecule has 1 aliphatic heterocycles. The van der Waals surface area contributed by atoms with Crippen LogP contribution in [0.4, 0.5) is 4.39 Å². The van der Waals surface area contributed by atoms with Crippen LogP contribution in [0, 0.1) is 5.82 Å². The Kier molecular flexibility index (Phi) is 5.72. The molecular weight excluding hydrogens is 323 g/mol. The maximum absolute atomic E-state index is 13.3. The highest BCUT2D eigenvalue weighted by atomic mass is 32.2. The van der Waals surface area contributed by atoms with E-state index in [1.165, 1.54) is 23.5 Å². The van der Waals surface area contributed by atoms with Crippen molar-refractivity contribution in [3.05, 3.63) is 35.6 Å². The Morgan fingerprint density at radius 1 is 1.39 bits per heavy atom. The van der Waals surface area contributed by atoms with Gasteiger partial charge in [-0.3, -0.25) is 4.79 Å². The van der Waals surface area contributed by atoms with Gasteiger partial charge in [0.2, 0.25) is 0 Å². The van der Waals surface area contributed by atoms with Crippen LogP contribution in [-0.4, -0.2) is 54.8 Å². The van der Waals surface area contributed by atoms with Crippen LogP contribution in [0.1, 0.15) is 30.7 Å². The van der Waals surface area contributed by atoms with Crippen molar-refractivity contribution in [2.75, 3.05) is 26.7 Å². The van der Waals surface area contributed by atoms with Crippen LogP contribution in [0.2, 0.25) is 0 Å². The van der Waals surface area contributed by atoms with Gasteiger partial charge in [-0.15, -0.1) is 0 Å². The van der Waals surface area contributed by atoms with Crippen molar-refractivity contribution >= 4 is 16.2 Å². The van der Waals surface area contributed by atoms with Crippen molar-refractivity contribution in [2.24, 2.45) is 0 Å². The summed E-state index contributed by atoms with van der Waals surface area (Å²) in [4.78, 5) is 10.6. The molecule has 0 atom stereocenters. The zero-order valence-electron chi connectivity index (χ0n) is 13.0. The second-order valence-electron chi connectivity index (χ2n) is 5.70. The number of aliphatic carboxylic acids is 1. The third-order valence-electron chi connectivity index (χ3n) is 4.13. The number of rotatable bonds is 6. The van der Waals surface area contributed by atoms with E-state index >= 15 is 0 Å². The Morgan fingerprint density at radius 3 is 2.61 bits per heavy atom. The first-order chi connectivity index (χ1) is 10.8. The fourth-order valence-electron chi connectivity index (χ4n) is 2.75. The van der Waals surface area contributed by atoms with Crippen LogP contribution in [0.3, 0.4) is 0 Å². The molecule has 0 radical (unpaired) electrons. The third kappa shape index (κ3) is 4.49. The number of piperidine rings is 1. The Labute approximate surface area is 135 Å². The highest BCUT2D eigenvalue weighted by Crippen LogP contribution is 2.29. The van der Waals surface area contributed by atoms with Gasteiger partial charge in [-0.05, 0) is 36.5 Å². The summed E-state index contributed by atoms with van der Waals surface area (Å²) in [6, 6.07) is 6.40. The molecule has 1 fully saturated rings. The Morgan fingerprint density at radius 2 is 2.04 bits per heavy atom. The van der Waals surface area contributed by atoms with E-state index < -0.39 is 16.2 Å². The molecule has 1 N–H and O–H groups in total. The largest absolute Gasteiger partial charge is 0.481 e. The Balaban J connectivity index is 1.96. The predicted molar refractivity (Wildman–Crippen MR) is 83.8 cm³/mol. The number of carboxylic acids is 1. The topological polar surface area (TPSA) is 77.9 Å². The van der Waals surface area contributed by atoms with Gasteiger partial charge in [0.25, 0.3) is 10.2 Å². The average molecular weight is 344 g/mol. The smallest absolute Gasteiger partial charge is 0.304 e. The lowest BCUT2D eigenvalue weighted by molar-refractivity contribution is -0.137. The first-order valence-corrected chi connectivity index (χ1v) is 8.89. The highest BCUT2D eigenvalue weighted by Gasteiger charge is 2.31. The molecule has 0 spiro atoms. The molecule has 2 rings (SSSR count). The lowest BCUT2D eigenvalue weighted by Crippen LogP contribution is -2.45. The standard InChI is InChI=1S/C15H21FN2O4S/c1-17(8-7-15(19)20)23(21,22)18-9-5-12(6-10-18)13-3-2-4-14(16)11-13/h2-4,11-12H,5-10H2,1H3,(H,19,20). The molecule has 23 heavy (non-hydrogen) atoms. The molecule has 0 saturated carbocycles. The van der Waals surface area contributed by atoms with E-state index in [1.54, 1.807) is 6.07 Å². The summed E-state index contributed by atoms with van der Waals surface area (Å²) in [5, 5.41) is 8.66. The monoisotopic (exact) mass is 344 g/mol. The van der Waals surface area contributed by atoms with Gasteiger partial charge in [0.05, 0.1) is 6.42 Å². The predicted octanol–water partition coefficient (Wildman–Crippen LogP) is 1.66. The summed E-state index contributed by atoms with van der Waals surface area (Å²) in [6.45, 7) is 0.642. The molecule has 1 heterocycles. The van der Waals surface area contributed by atoms with E-state index in [1.807, 2.05) is 6.07 Å². The molecule has 128 valence electrons. The second kappa shape index (κ2) is 7.37. The van der Waals surface area contributed by atoms with Gasteiger partial charge in [0.1, 0.15) is 5.82 Å². The molecule has 1 aromatic rings. The van der Waals surface area contributed by atoms with E-state index in [2.05, 4.69) is 0 Å². The van der Waals surface area contributed by atoms with Crippen LogP contribution < -0.4 is 0 Å². The summed E-state index contributed by atoms with van der Waals surface area (Å²) < 4.78 is 40.5. The fourth-order valence-corrected chi connectivity index (χ4v) is 4.13. The van der Waals surface area contributed by atoms with Gasteiger partial charge in [0.15, 0.2) is 0 Å². The minimum Gasteiger partial charge on any atom is -0.481 e. The maximum atomic E-state index is 13.3. The summed E-state index contributed by atoms with van der Waals surface area (Å²) in [5.41, 5.74) is 0.890. The summed E-state index contributed by atoms with van der Waals surface area (Å²) >= 11 is 0. The molecule has 0 unspecified atom stereocenters. The summed E-state index contributed by atoms with van der Waals surface area (Å²) in [6.07, 6.45) is 1.01. The third-order valence-corrected chi connectivity index (χ3v) is 6.12. The maximum Gasteiger partial charge on any atom is 0.304 e. The molecule has 0 aliphatic carbocycles. The molecule has 0 bridgehead atoms. The number of carboxylic acid groups (broad SMARTS) is 1. The van der Waals surface area contributed by atoms with E-state index in [0.717, 1.165) is 9.87 Å². The SMILES string of the molecule is CN(CCC(=O)O)S(=O)(=O)N1CCC(c2cccc(F)c2)CC1. The highest BCUT2D eigenvalue weighted by molar-refractivity contribution is 7.86. The first kappa shape index (κ1) is 17.8. The summed E-state index contributed by atoms with van der Waals surface area (Å²) in [7, 11) is -2.26. The molecule has 0 aromatic heterocycles. The number of halogens is 1. The van der Waals surface area contributed by atoms with Crippen molar-refractivity contribution in [3.63, 3.8) is 0 Å². The Hall–Kier alpha value is -1.51. The molecular formula is C15H21FN2O4S. The number of benzene rings is 1. The quantitative estimate of drug-likeness (QED) is 0.851. The van der Waals surface area contributed by atoms with Gasteiger partial charge < -0.3 is 5.11 Å². The molecule has 6 nitrogen and oxygen atoms in total. The molecule has 8 heteroatoms. The number of carbonyl (C=O) groups is 1. The van der Waals surface area contributed by atoms with Crippen molar-refractivity contribution in [1.29, 1.82) is 0 Å². The van der Waals surface area contributed by atoms with Gasteiger partial charge in [-0.1, -0.05) is 12.1 Å². The Bertz CT molecular complexity index is 657. The summed E-state index contributed by atoms with van der Waals surface area (Å²) in [5.74, 6) is -1.18. The van der Waals surface area contributed by atoms with Crippen LogP contribution in [0.25, 0.3) is 0 Å². The van der Waals surface area contributed by atoms with Crippen molar-refractivity contribution in [1.82, 2.24) is 8.61 Å². The minimum absolute atomic E-state index is 0.0541. The molecule has 1 saturated heterocycles. The molecule has 1 aliphatic rings. The van der Waals surface area contributed by atoms with E-state index in [4.69, 9.17) is 5.11 Å².